The number of hydrogen-bond acceptors (Lipinski definition) is 4. The van der Waals surface area contributed by atoms with Crippen molar-refractivity contribution >= 4 is 28.8 Å². The number of benzene rings is 1. The first kappa shape index (κ1) is 18.6. The van der Waals surface area contributed by atoms with Crippen LogP contribution in [-0.4, -0.2) is 31.4 Å². The van der Waals surface area contributed by atoms with Crippen LogP contribution in [0.4, 0.5) is 5.69 Å². The summed E-state index contributed by atoms with van der Waals surface area (Å²) in [5.74, 6) is -0.262. The molecule has 1 atom stereocenters. The lowest BCUT2D eigenvalue weighted by molar-refractivity contribution is -0.881. The highest BCUT2D eigenvalue weighted by molar-refractivity contribution is 7.09. The Hall–Kier alpha value is -2.69. The zero-order valence-corrected chi connectivity index (χ0v) is 14.9. The Bertz CT molecular complexity index is 753. The van der Waals surface area contributed by atoms with E-state index in [4.69, 9.17) is 5.26 Å². The van der Waals surface area contributed by atoms with E-state index in [1.54, 1.807) is 35.6 Å². The fraction of sp³-hybridized carbons (Fsp3) is 0.278. The maximum absolute atomic E-state index is 12.2. The van der Waals surface area contributed by atoms with Gasteiger partial charge in [-0.3, -0.25) is 9.59 Å². The van der Waals surface area contributed by atoms with Gasteiger partial charge in [-0.05, 0) is 36.6 Å². The smallest absolute Gasteiger partial charge is 0.279 e. The van der Waals surface area contributed by atoms with Gasteiger partial charge < -0.3 is 15.5 Å². The van der Waals surface area contributed by atoms with Crippen molar-refractivity contribution in [1.29, 1.82) is 5.26 Å². The van der Waals surface area contributed by atoms with Gasteiger partial charge in [0.1, 0.15) is 0 Å². The largest absolute Gasteiger partial charge is 0.346 e. The number of nitriles is 1. The molecule has 0 spiro atoms. The van der Waals surface area contributed by atoms with Crippen molar-refractivity contribution in [2.24, 2.45) is 0 Å². The van der Waals surface area contributed by atoms with Crippen LogP contribution in [0.25, 0.3) is 0 Å². The van der Waals surface area contributed by atoms with Crippen molar-refractivity contribution in [3.05, 3.63) is 52.2 Å². The number of quaternary nitrogens is 1. The third-order valence-electron chi connectivity index (χ3n) is 3.64. The van der Waals surface area contributed by atoms with E-state index in [1.165, 1.54) is 0 Å². The van der Waals surface area contributed by atoms with Crippen LogP contribution in [0.15, 0.2) is 41.8 Å². The molecule has 2 rings (SSSR count). The average molecular weight is 357 g/mol. The molecule has 1 aromatic carbocycles. The molecule has 7 heteroatoms. The zero-order chi connectivity index (χ0) is 18.1. The lowest BCUT2D eigenvalue weighted by Crippen LogP contribution is -3.13. The number of carbonyl (C=O) groups is 2. The van der Waals surface area contributed by atoms with Crippen LogP contribution in [0.5, 0.6) is 0 Å². The van der Waals surface area contributed by atoms with Gasteiger partial charge in [0, 0.05) is 10.6 Å². The minimum atomic E-state index is -0.182. The van der Waals surface area contributed by atoms with Crippen LogP contribution in [0, 0.1) is 11.3 Å². The number of hydrogen-bond donors (Lipinski definition) is 3. The normalized spacial score (nSPS) is 11.4. The minimum Gasteiger partial charge on any atom is -0.346 e. The number of carbonyl (C=O) groups excluding carboxylic acids is 2. The summed E-state index contributed by atoms with van der Waals surface area (Å²) in [4.78, 5) is 26.2. The minimum absolute atomic E-state index is 0.0791. The van der Waals surface area contributed by atoms with Crippen LogP contribution < -0.4 is 15.5 Å². The molecule has 0 radical (unpaired) electrons. The summed E-state index contributed by atoms with van der Waals surface area (Å²) >= 11 is 1.60. The van der Waals surface area contributed by atoms with Crippen molar-refractivity contribution in [3.8, 4) is 6.07 Å². The standard InChI is InChI=1S/C18H20N4O2S/c1-2-22(12-17(23)20-11-16-7-4-8-25-16)13-18(24)21-15-6-3-5-14(9-15)10-19/h3-9H,2,11-13H2,1H3,(H,20,23)(H,21,24)/p+1. The van der Waals surface area contributed by atoms with E-state index in [-0.39, 0.29) is 24.9 Å². The number of rotatable bonds is 8. The fourth-order valence-corrected chi connectivity index (χ4v) is 2.94. The predicted molar refractivity (Wildman–Crippen MR) is 97.2 cm³/mol. The van der Waals surface area contributed by atoms with Crippen LogP contribution in [0.2, 0.25) is 0 Å². The Morgan fingerprint density at radius 3 is 2.68 bits per heavy atom. The van der Waals surface area contributed by atoms with Gasteiger partial charge in [-0.1, -0.05) is 12.1 Å². The maximum atomic E-state index is 12.2. The second kappa shape index (κ2) is 9.57. The topological polar surface area (TPSA) is 86.4 Å². The SMILES string of the molecule is CC[NH+](CC(=O)NCc1cccs1)CC(=O)Nc1cccc(C#N)c1. The first-order chi connectivity index (χ1) is 12.1. The first-order valence-electron chi connectivity index (χ1n) is 8.03. The molecule has 6 nitrogen and oxygen atoms in total. The van der Waals surface area contributed by atoms with Crippen molar-refractivity contribution < 1.29 is 14.5 Å². The third kappa shape index (κ3) is 6.37. The molecule has 0 aliphatic carbocycles. The number of amides is 2. The van der Waals surface area contributed by atoms with Gasteiger partial charge in [-0.2, -0.15) is 5.26 Å². The highest BCUT2D eigenvalue weighted by atomic mass is 32.1. The highest BCUT2D eigenvalue weighted by Crippen LogP contribution is 2.09. The number of anilines is 1. The van der Waals surface area contributed by atoms with E-state index in [0.717, 1.165) is 9.78 Å². The maximum Gasteiger partial charge on any atom is 0.279 e. The summed E-state index contributed by atoms with van der Waals surface area (Å²) < 4.78 is 0. The monoisotopic (exact) mass is 357 g/mol. The molecule has 0 fully saturated rings. The van der Waals surface area contributed by atoms with Gasteiger partial charge in [0.25, 0.3) is 11.8 Å². The van der Waals surface area contributed by atoms with Crippen molar-refractivity contribution in [1.82, 2.24) is 5.32 Å². The average Bonchev–Trinajstić information content (AvgIpc) is 3.13. The molecule has 0 aliphatic rings. The zero-order valence-electron chi connectivity index (χ0n) is 14.0. The van der Waals surface area contributed by atoms with Crippen molar-refractivity contribution in [2.45, 2.75) is 13.5 Å². The highest BCUT2D eigenvalue weighted by Gasteiger charge is 2.16. The summed E-state index contributed by atoms with van der Waals surface area (Å²) in [5, 5.41) is 16.5. The van der Waals surface area contributed by atoms with Crippen molar-refractivity contribution in [3.63, 3.8) is 0 Å². The fourth-order valence-electron chi connectivity index (χ4n) is 2.30. The predicted octanol–water partition coefficient (Wildman–Crippen LogP) is 0.779. The van der Waals surface area contributed by atoms with Crippen molar-refractivity contribution in [2.75, 3.05) is 25.0 Å². The Labute approximate surface area is 151 Å². The van der Waals surface area contributed by atoms with E-state index < -0.39 is 0 Å². The second-order valence-electron chi connectivity index (χ2n) is 5.55. The quantitative estimate of drug-likeness (QED) is 0.653. The van der Waals surface area contributed by atoms with Gasteiger partial charge in [0.2, 0.25) is 0 Å². The molecule has 1 heterocycles. The molecule has 3 N–H and O–H groups in total. The number of thiophene rings is 1. The van der Waals surface area contributed by atoms with Crippen LogP contribution in [-0.2, 0) is 16.1 Å². The molecule has 2 amide bonds. The van der Waals surface area contributed by atoms with E-state index >= 15 is 0 Å². The second-order valence-corrected chi connectivity index (χ2v) is 6.59. The Balaban J connectivity index is 1.80. The van der Waals surface area contributed by atoms with Gasteiger partial charge in [-0.15, -0.1) is 11.3 Å². The summed E-state index contributed by atoms with van der Waals surface area (Å²) in [6.07, 6.45) is 0. The van der Waals surface area contributed by atoms with Gasteiger partial charge in [-0.25, -0.2) is 0 Å². The van der Waals surface area contributed by atoms with E-state index in [1.807, 2.05) is 30.5 Å². The van der Waals surface area contributed by atoms with E-state index in [9.17, 15) is 9.59 Å². The lowest BCUT2D eigenvalue weighted by Gasteiger charge is -2.17. The van der Waals surface area contributed by atoms with Gasteiger partial charge in [0.05, 0.1) is 24.7 Å². The molecule has 130 valence electrons. The van der Waals surface area contributed by atoms with Gasteiger partial charge in [0.15, 0.2) is 13.1 Å². The summed E-state index contributed by atoms with van der Waals surface area (Å²) in [6.45, 7) is 3.55. The molecule has 0 saturated carbocycles. The molecular formula is C18H21N4O2S+. The molecule has 0 saturated heterocycles. The van der Waals surface area contributed by atoms with Gasteiger partial charge >= 0.3 is 0 Å². The number of nitrogens with one attached hydrogen (secondary N) is 3. The molecule has 25 heavy (non-hydrogen) atoms. The summed E-state index contributed by atoms with van der Waals surface area (Å²) in [6, 6.07) is 12.7. The number of likely N-dealkylation sites (N-methyl/N-ethyl adjacent to an activating group) is 1. The molecule has 0 bridgehead atoms. The molecule has 2 aromatic rings. The Morgan fingerprint density at radius 2 is 2.00 bits per heavy atom. The summed E-state index contributed by atoms with van der Waals surface area (Å²) in [5.41, 5.74) is 1.08. The van der Waals surface area contributed by atoms with E-state index in [2.05, 4.69) is 10.6 Å². The lowest BCUT2D eigenvalue weighted by atomic mass is 10.2. The van der Waals surface area contributed by atoms with E-state index in [0.29, 0.717) is 24.3 Å². The Kier molecular flexibility index (Phi) is 7.14. The molecule has 1 unspecified atom stereocenters. The molecule has 1 aromatic heterocycles. The molecule has 0 aliphatic heterocycles. The Morgan fingerprint density at radius 1 is 1.20 bits per heavy atom. The third-order valence-corrected chi connectivity index (χ3v) is 4.51. The summed E-state index contributed by atoms with van der Waals surface area (Å²) in [7, 11) is 0. The van der Waals surface area contributed by atoms with Crippen LogP contribution in [0.1, 0.15) is 17.4 Å². The molecular weight excluding hydrogens is 336 g/mol. The number of nitrogens with zero attached hydrogens (tertiary/aromatic N) is 1. The van der Waals surface area contributed by atoms with Crippen LogP contribution in [0.3, 0.4) is 0 Å². The van der Waals surface area contributed by atoms with Crippen LogP contribution >= 0.6 is 11.3 Å². The first-order valence-corrected chi connectivity index (χ1v) is 8.91.